The van der Waals surface area contributed by atoms with Gasteiger partial charge in [-0.2, -0.15) is 18.8 Å². The first kappa shape index (κ1) is 19.7. The number of anilines is 1. The molecule has 2 aromatic carbocycles. The first-order valence-electron chi connectivity index (χ1n) is 8.02. The van der Waals surface area contributed by atoms with Gasteiger partial charge in [0.25, 0.3) is 0 Å². The van der Waals surface area contributed by atoms with Crippen LogP contribution in [0.25, 0.3) is 0 Å². The molecule has 0 saturated heterocycles. The summed E-state index contributed by atoms with van der Waals surface area (Å²) in [6.45, 7) is 0.606. The average Bonchev–Trinajstić information content (AvgIpc) is 3.19. The van der Waals surface area contributed by atoms with E-state index in [9.17, 15) is 8.42 Å². The van der Waals surface area contributed by atoms with Crippen molar-refractivity contribution in [2.24, 2.45) is 5.14 Å². The number of hydrogen-bond acceptors (Lipinski definition) is 8. The van der Waals surface area contributed by atoms with E-state index in [1.54, 1.807) is 41.6 Å². The van der Waals surface area contributed by atoms with Crippen LogP contribution >= 0.6 is 11.8 Å². The SMILES string of the molecule is N#Cc1ccc(N(CCSc2cccc(OS(N)(=O)=O)c2)n2cnnc2)cc1. The Kier molecular flexibility index (Phi) is 6.15. The minimum atomic E-state index is -4.06. The molecule has 0 radical (unpaired) electrons. The quantitative estimate of drug-likeness (QED) is 0.551. The minimum absolute atomic E-state index is 0.162. The van der Waals surface area contributed by atoms with Crippen LogP contribution in [0.4, 0.5) is 5.69 Å². The summed E-state index contributed by atoms with van der Waals surface area (Å²) in [6, 6.07) is 16.0. The predicted molar refractivity (Wildman–Crippen MR) is 105 cm³/mol. The maximum absolute atomic E-state index is 11.1. The molecule has 0 aliphatic carbocycles. The van der Waals surface area contributed by atoms with E-state index in [1.165, 1.54) is 17.8 Å². The molecule has 0 aliphatic heterocycles. The topological polar surface area (TPSA) is 127 Å². The van der Waals surface area contributed by atoms with Crippen molar-refractivity contribution >= 4 is 27.8 Å². The van der Waals surface area contributed by atoms with Crippen LogP contribution < -0.4 is 14.3 Å². The average molecular weight is 416 g/mol. The highest BCUT2D eigenvalue weighted by Gasteiger charge is 2.10. The van der Waals surface area contributed by atoms with Crippen LogP contribution in [-0.2, 0) is 10.3 Å². The summed E-state index contributed by atoms with van der Waals surface area (Å²) in [6.07, 6.45) is 3.17. The Morgan fingerprint density at radius 1 is 1.18 bits per heavy atom. The first-order valence-corrected chi connectivity index (χ1v) is 10.5. The zero-order chi connectivity index (χ0) is 20.0. The molecule has 0 aliphatic rings. The molecule has 0 atom stereocenters. The van der Waals surface area contributed by atoms with Crippen molar-refractivity contribution < 1.29 is 12.6 Å². The van der Waals surface area contributed by atoms with Crippen LogP contribution in [0, 0.1) is 11.3 Å². The van der Waals surface area contributed by atoms with E-state index >= 15 is 0 Å². The summed E-state index contributed by atoms with van der Waals surface area (Å²) in [7, 11) is -4.06. The third kappa shape index (κ3) is 5.46. The van der Waals surface area contributed by atoms with Crippen molar-refractivity contribution in [2.75, 3.05) is 17.3 Å². The van der Waals surface area contributed by atoms with Crippen LogP contribution in [0.2, 0.25) is 0 Å². The second-order valence-electron chi connectivity index (χ2n) is 5.52. The summed E-state index contributed by atoms with van der Waals surface area (Å²) < 4.78 is 28.6. The van der Waals surface area contributed by atoms with Gasteiger partial charge in [0.15, 0.2) is 0 Å². The van der Waals surface area contributed by atoms with E-state index in [-0.39, 0.29) is 5.75 Å². The van der Waals surface area contributed by atoms with Gasteiger partial charge in [0, 0.05) is 17.2 Å². The predicted octanol–water partition coefficient (Wildman–Crippen LogP) is 1.79. The summed E-state index contributed by atoms with van der Waals surface area (Å²) in [4.78, 5) is 0.838. The van der Waals surface area contributed by atoms with Gasteiger partial charge < -0.3 is 4.18 Å². The van der Waals surface area contributed by atoms with Crippen molar-refractivity contribution in [1.29, 1.82) is 5.26 Å². The van der Waals surface area contributed by atoms with Gasteiger partial charge in [-0.15, -0.1) is 22.0 Å². The number of thioether (sulfide) groups is 1. The number of aromatic nitrogens is 3. The van der Waals surface area contributed by atoms with E-state index < -0.39 is 10.3 Å². The lowest BCUT2D eigenvalue weighted by Crippen LogP contribution is -2.30. The van der Waals surface area contributed by atoms with Crippen LogP contribution in [0.1, 0.15) is 5.56 Å². The van der Waals surface area contributed by atoms with Crippen molar-refractivity contribution in [3.8, 4) is 11.8 Å². The Hall–Kier alpha value is -3.07. The van der Waals surface area contributed by atoms with Gasteiger partial charge in [-0.3, -0.25) is 5.01 Å². The van der Waals surface area contributed by atoms with E-state index in [1.807, 2.05) is 23.2 Å². The summed E-state index contributed by atoms with van der Waals surface area (Å²) in [5.41, 5.74) is 1.46. The number of nitriles is 1. The molecule has 0 saturated carbocycles. The molecule has 0 amide bonds. The molecule has 0 bridgehead atoms. The number of nitrogens with zero attached hydrogens (tertiary/aromatic N) is 5. The molecule has 0 unspecified atom stereocenters. The lowest BCUT2D eigenvalue weighted by Gasteiger charge is -2.24. The first-order chi connectivity index (χ1) is 13.4. The third-order valence-electron chi connectivity index (χ3n) is 3.57. The van der Waals surface area contributed by atoms with Crippen molar-refractivity contribution in [2.45, 2.75) is 4.90 Å². The van der Waals surface area contributed by atoms with Crippen molar-refractivity contribution in [1.82, 2.24) is 14.9 Å². The molecule has 9 nitrogen and oxygen atoms in total. The molecular formula is C17H16N6O3S2. The number of nitrogens with two attached hydrogens (primary N) is 1. The second kappa shape index (κ2) is 8.75. The normalized spacial score (nSPS) is 11.0. The molecule has 11 heteroatoms. The van der Waals surface area contributed by atoms with E-state index in [4.69, 9.17) is 14.6 Å². The third-order valence-corrected chi connectivity index (χ3v) is 4.97. The number of benzene rings is 2. The molecule has 1 aromatic heterocycles. The highest BCUT2D eigenvalue weighted by atomic mass is 32.2. The number of rotatable bonds is 8. The van der Waals surface area contributed by atoms with Crippen LogP contribution in [-0.4, -0.2) is 35.6 Å². The lowest BCUT2D eigenvalue weighted by molar-refractivity contribution is 0.487. The molecule has 0 spiro atoms. The Morgan fingerprint density at radius 2 is 1.89 bits per heavy atom. The zero-order valence-electron chi connectivity index (χ0n) is 14.5. The molecule has 0 fully saturated rings. The van der Waals surface area contributed by atoms with Gasteiger partial charge in [-0.25, -0.2) is 4.68 Å². The highest BCUT2D eigenvalue weighted by Crippen LogP contribution is 2.24. The van der Waals surface area contributed by atoms with Crippen molar-refractivity contribution in [3.05, 3.63) is 66.7 Å². The Bertz CT molecular complexity index is 1060. The minimum Gasteiger partial charge on any atom is -0.371 e. The monoisotopic (exact) mass is 416 g/mol. The lowest BCUT2D eigenvalue weighted by atomic mass is 10.2. The van der Waals surface area contributed by atoms with Crippen LogP contribution in [0.5, 0.6) is 5.75 Å². The van der Waals surface area contributed by atoms with E-state index in [2.05, 4.69) is 16.3 Å². The van der Waals surface area contributed by atoms with Crippen LogP contribution in [0.15, 0.2) is 66.1 Å². The van der Waals surface area contributed by atoms with Gasteiger partial charge in [-0.05, 0) is 42.5 Å². The molecule has 144 valence electrons. The summed E-state index contributed by atoms with van der Waals surface area (Å²) in [5.74, 6) is 0.840. The molecular weight excluding hydrogens is 400 g/mol. The zero-order valence-corrected chi connectivity index (χ0v) is 16.2. The molecule has 2 N–H and O–H groups in total. The molecule has 3 rings (SSSR count). The molecule has 28 heavy (non-hydrogen) atoms. The van der Waals surface area contributed by atoms with Gasteiger partial charge in [0.1, 0.15) is 18.4 Å². The molecule has 1 heterocycles. The fourth-order valence-electron chi connectivity index (χ4n) is 2.41. The van der Waals surface area contributed by atoms with Crippen molar-refractivity contribution in [3.63, 3.8) is 0 Å². The summed E-state index contributed by atoms with van der Waals surface area (Å²) >= 11 is 1.52. The maximum Gasteiger partial charge on any atom is 0.380 e. The van der Waals surface area contributed by atoms with Gasteiger partial charge in [0.05, 0.1) is 17.3 Å². The largest absolute Gasteiger partial charge is 0.380 e. The van der Waals surface area contributed by atoms with Crippen LogP contribution in [0.3, 0.4) is 0 Å². The van der Waals surface area contributed by atoms with Gasteiger partial charge in [0.2, 0.25) is 0 Å². The number of hydrogen-bond donors (Lipinski definition) is 1. The summed E-state index contributed by atoms with van der Waals surface area (Å²) in [5, 5.41) is 23.5. The molecule has 3 aromatic rings. The van der Waals surface area contributed by atoms with Gasteiger partial charge >= 0.3 is 10.3 Å². The van der Waals surface area contributed by atoms with Gasteiger partial charge in [-0.1, -0.05) is 6.07 Å². The fraction of sp³-hybridized carbons (Fsp3) is 0.118. The maximum atomic E-state index is 11.1. The fourth-order valence-corrected chi connectivity index (χ4v) is 3.65. The van der Waals surface area contributed by atoms with E-state index in [0.717, 1.165) is 10.6 Å². The Morgan fingerprint density at radius 3 is 2.54 bits per heavy atom. The highest BCUT2D eigenvalue weighted by molar-refractivity contribution is 7.99. The second-order valence-corrected chi connectivity index (χ2v) is 7.84. The Balaban J connectivity index is 1.69. The van der Waals surface area contributed by atoms with E-state index in [0.29, 0.717) is 17.9 Å². The smallest absolute Gasteiger partial charge is 0.371 e. The Labute approximate surface area is 166 Å². The standard InChI is InChI=1S/C17H16N6O3S2/c18-11-14-4-6-15(7-5-14)23(22-12-20-21-13-22)8-9-27-17-3-1-2-16(10-17)26-28(19,24)25/h1-7,10,12-13H,8-9H2,(H2,19,24,25).